The molecule has 1 unspecified atom stereocenters. The molecule has 3 aromatic rings. The highest BCUT2D eigenvalue weighted by atomic mass is 16.5. The maximum Gasteiger partial charge on any atom is 0.267 e. The molecule has 0 radical (unpaired) electrons. The molecule has 3 aromatic carbocycles. The van der Waals surface area contributed by atoms with E-state index in [0.717, 1.165) is 5.75 Å². The minimum Gasteiger partial charge on any atom is -0.497 e. The number of carbonyl (C=O) groups excluding carboxylic acids is 2. The number of para-hydroxylation sites is 1. The van der Waals surface area contributed by atoms with Crippen LogP contribution in [-0.2, 0) is 9.59 Å². The van der Waals surface area contributed by atoms with Crippen LogP contribution in [0.15, 0.2) is 72.8 Å². The largest absolute Gasteiger partial charge is 0.497 e. The van der Waals surface area contributed by atoms with Gasteiger partial charge in [-0.05, 0) is 43.3 Å². The number of methoxy groups -OCH3 is 1. The van der Waals surface area contributed by atoms with Gasteiger partial charge in [0.1, 0.15) is 29.6 Å². The van der Waals surface area contributed by atoms with Gasteiger partial charge < -0.3 is 29.2 Å². The third-order valence-corrected chi connectivity index (χ3v) is 5.19. The second kappa shape index (κ2) is 10.6. The minimum atomic E-state index is -0.647. The summed E-state index contributed by atoms with van der Waals surface area (Å²) in [6.45, 7) is 2.24. The third kappa shape index (κ3) is 5.58. The number of rotatable bonds is 9. The fraction of sp³-hybridized carbons (Fsp3) is 0.231. The smallest absolute Gasteiger partial charge is 0.267 e. The Bertz CT molecular complexity index is 1150. The lowest BCUT2D eigenvalue weighted by Crippen LogP contribution is -2.46. The fourth-order valence-electron chi connectivity index (χ4n) is 3.53. The SMILES string of the molecule is COc1cccc(OCC(=O)Nc2ccc3c(c2)OC(C)C(=O)N3CCOc2ccccc2)c1. The maximum absolute atomic E-state index is 12.7. The number of nitrogens with zero attached hydrogens (tertiary/aromatic N) is 1. The van der Waals surface area contributed by atoms with Crippen LogP contribution >= 0.6 is 0 Å². The highest BCUT2D eigenvalue weighted by Gasteiger charge is 2.31. The van der Waals surface area contributed by atoms with Crippen LogP contribution in [0.4, 0.5) is 11.4 Å². The lowest BCUT2D eigenvalue weighted by molar-refractivity contribution is -0.125. The van der Waals surface area contributed by atoms with Crippen molar-refractivity contribution in [2.45, 2.75) is 13.0 Å². The molecular weight excluding hydrogens is 436 g/mol. The predicted octanol–water partition coefficient (Wildman–Crippen LogP) is 3.91. The second-order valence-corrected chi connectivity index (χ2v) is 7.61. The molecule has 2 amide bonds. The Kier molecular flexibility index (Phi) is 7.17. The Morgan fingerprint density at radius 1 is 0.971 bits per heavy atom. The number of hydrogen-bond acceptors (Lipinski definition) is 6. The summed E-state index contributed by atoms with van der Waals surface area (Å²) < 4.78 is 22.2. The first-order valence-electron chi connectivity index (χ1n) is 10.9. The lowest BCUT2D eigenvalue weighted by Gasteiger charge is -2.33. The van der Waals surface area contributed by atoms with E-state index in [1.54, 1.807) is 61.4 Å². The van der Waals surface area contributed by atoms with Crippen molar-refractivity contribution in [2.75, 3.05) is 37.1 Å². The highest BCUT2D eigenvalue weighted by molar-refractivity contribution is 6.00. The third-order valence-electron chi connectivity index (χ3n) is 5.19. The summed E-state index contributed by atoms with van der Waals surface area (Å²) in [5.41, 5.74) is 1.17. The van der Waals surface area contributed by atoms with Gasteiger partial charge in [-0.25, -0.2) is 0 Å². The summed E-state index contributed by atoms with van der Waals surface area (Å²) >= 11 is 0. The molecule has 8 nitrogen and oxygen atoms in total. The van der Waals surface area contributed by atoms with Crippen molar-refractivity contribution in [3.8, 4) is 23.0 Å². The monoisotopic (exact) mass is 462 g/mol. The number of nitrogens with one attached hydrogen (secondary N) is 1. The average molecular weight is 463 g/mol. The van der Waals surface area contributed by atoms with Gasteiger partial charge in [0.2, 0.25) is 0 Å². The number of carbonyl (C=O) groups is 2. The molecule has 1 atom stereocenters. The topological polar surface area (TPSA) is 86.3 Å². The molecule has 34 heavy (non-hydrogen) atoms. The van der Waals surface area contributed by atoms with E-state index in [1.165, 1.54) is 0 Å². The van der Waals surface area contributed by atoms with E-state index in [-0.39, 0.29) is 18.4 Å². The Morgan fingerprint density at radius 3 is 2.53 bits per heavy atom. The summed E-state index contributed by atoms with van der Waals surface area (Å²) in [6.07, 6.45) is -0.647. The predicted molar refractivity (Wildman–Crippen MR) is 128 cm³/mol. The van der Waals surface area contributed by atoms with Crippen LogP contribution in [0.5, 0.6) is 23.0 Å². The molecule has 0 aromatic heterocycles. The second-order valence-electron chi connectivity index (χ2n) is 7.61. The number of hydrogen-bond donors (Lipinski definition) is 1. The first-order chi connectivity index (χ1) is 16.5. The van der Waals surface area contributed by atoms with Gasteiger partial charge in [-0.15, -0.1) is 0 Å². The zero-order valence-corrected chi connectivity index (χ0v) is 19.0. The Balaban J connectivity index is 1.38. The van der Waals surface area contributed by atoms with E-state index in [1.807, 2.05) is 30.3 Å². The van der Waals surface area contributed by atoms with Crippen molar-refractivity contribution in [3.05, 3.63) is 72.8 Å². The van der Waals surface area contributed by atoms with Crippen LogP contribution in [0, 0.1) is 0 Å². The highest BCUT2D eigenvalue weighted by Crippen LogP contribution is 2.36. The van der Waals surface area contributed by atoms with Gasteiger partial charge in [0.25, 0.3) is 11.8 Å². The molecule has 1 aliphatic heterocycles. The van der Waals surface area contributed by atoms with E-state index in [0.29, 0.717) is 41.8 Å². The summed E-state index contributed by atoms with van der Waals surface area (Å²) in [6, 6.07) is 21.6. The lowest BCUT2D eigenvalue weighted by atomic mass is 10.1. The molecule has 1 heterocycles. The van der Waals surface area contributed by atoms with E-state index in [9.17, 15) is 9.59 Å². The molecule has 0 fully saturated rings. The Morgan fingerprint density at radius 2 is 1.74 bits per heavy atom. The summed E-state index contributed by atoms with van der Waals surface area (Å²) in [4.78, 5) is 26.7. The molecule has 0 saturated carbocycles. The minimum absolute atomic E-state index is 0.146. The zero-order valence-electron chi connectivity index (χ0n) is 19.0. The van der Waals surface area contributed by atoms with Crippen molar-refractivity contribution >= 4 is 23.2 Å². The van der Waals surface area contributed by atoms with Gasteiger partial charge in [-0.2, -0.15) is 0 Å². The van der Waals surface area contributed by atoms with Crippen LogP contribution in [0.1, 0.15) is 6.92 Å². The van der Waals surface area contributed by atoms with Crippen LogP contribution in [0.2, 0.25) is 0 Å². The van der Waals surface area contributed by atoms with Crippen LogP contribution < -0.4 is 29.2 Å². The number of anilines is 2. The number of ether oxygens (including phenoxy) is 4. The maximum atomic E-state index is 12.7. The first-order valence-corrected chi connectivity index (χ1v) is 10.9. The van der Waals surface area contributed by atoms with Crippen molar-refractivity contribution in [3.63, 3.8) is 0 Å². The van der Waals surface area contributed by atoms with Gasteiger partial charge in [-0.3, -0.25) is 9.59 Å². The standard InChI is InChI=1S/C26H26N2O6/c1-18-26(30)28(13-14-32-20-7-4-3-5-8-20)23-12-11-19(15-24(23)34-18)27-25(29)17-33-22-10-6-9-21(16-22)31-2/h3-12,15-16,18H,13-14,17H2,1-2H3,(H,27,29). The fourth-order valence-corrected chi connectivity index (χ4v) is 3.53. The van der Waals surface area contributed by atoms with Crippen LogP contribution in [0.25, 0.3) is 0 Å². The molecule has 4 rings (SSSR count). The van der Waals surface area contributed by atoms with Crippen LogP contribution in [-0.4, -0.2) is 44.8 Å². The van der Waals surface area contributed by atoms with E-state index >= 15 is 0 Å². The molecule has 0 saturated heterocycles. The number of benzene rings is 3. The zero-order chi connectivity index (χ0) is 23.9. The summed E-state index contributed by atoms with van der Waals surface area (Å²) in [5, 5.41) is 2.79. The van der Waals surface area contributed by atoms with Crippen molar-refractivity contribution < 1.29 is 28.5 Å². The molecule has 1 N–H and O–H groups in total. The Labute approximate surface area is 198 Å². The van der Waals surface area contributed by atoms with Gasteiger partial charge in [0.15, 0.2) is 12.7 Å². The molecule has 1 aliphatic rings. The van der Waals surface area contributed by atoms with Gasteiger partial charge >= 0.3 is 0 Å². The number of fused-ring (bicyclic) bond motifs is 1. The quantitative estimate of drug-likeness (QED) is 0.519. The van der Waals surface area contributed by atoms with E-state index < -0.39 is 6.10 Å². The molecule has 0 aliphatic carbocycles. The van der Waals surface area contributed by atoms with Crippen LogP contribution in [0.3, 0.4) is 0 Å². The normalized spacial score (nSPS) is 14.6. The van der Waals surface area contributed by atoms with Crippen molar-refractivity contribution in [1.29, 1.82) is 0 Å². The molecule has 0 spiro atoms. The van der Waals surface area contributed by atoms with Gasteiger partial charge in [0, 0.05) is 17.8 Å². The average Bonchev–Trinajstić information content (AvgIpc) is 2.86. The van der Waals surface area contributed by atoms with Crippen molar-refractivity contribution in [2.24, 2.45) is 0 Å². The number of amides is 2. The molecule has 8 heteroatoms. The van der Waals surface area contributed by atoms with Gasteiger partial charge in [0.05, 0.1) is 19.3 Å². The summed E-state index contributed by atoms with van der Waals surface area (Å²) in [5.74, 6) is 1.96. The van der Waals surface area contributed by atoms with E-state index in [4.69, 9.17) is 18.9 Å². The van der Waals surface area contributed by atoms with E-state index in [2.05, 4.69) is 5.32 Å². The van der Waals surface area contributed by atoms with Gasteiger partial charge in [-0.1, -0.05) is 24.3 Å². The molecular formula is C26H26N2O6. The van der Waals surface area contributed by atoms with Crippen molar-refractivity contribution in [1.82, 2.24) is 0 Å². The summed E-state index contributed by atoms with van der Waals surface area (Å²) in [7, 11) is 1.57. The Hall–Kier alpha value is -4.20. The molecule has 0 bridgehead atoms. The molecule has 176 valence electrons. The first kappa shape index (κ1) is 23.0.